The van der Waals surface area contributed by atoms with Crippen molar-refractivity contribution < 1.29 is 29.1 Å². The van der Waals surface area contributed by atoms with Crippen LogP contribution in [0.1, 0.15) is 45.7 Å². The van der Waals surface area contributed by atoms with Crippen molar-refractivity contribution >= 4 is 34.9 Å². The fourth-order valence-corrected chi connectivity index (χ4v) is 6.23. The number of nitrogens with zero attached hydrogens (tertiary/aromatic N) is 2. The molecule has 0 bridgehead atoms. The first-order valence-corrected chi connectivity index (χ1v) is 13.2. The third kappa shape index (κ3) is 3.87. The summed E-state index contributed by atoms with van der Waals surface area (Å²) in [6, 6.07) is 16.2. The van der Waals surface area contributed by atoms with Crippen molar-refractivity contribution in [2.24, 2.45) is 0 Å². The van der Waals surface area contributed by atoms with Crippen molar-refractivity contribution in [2.45, 2.75) is 45.4 Å². The predicted molar refractivity (Wildman–Crippen MR) is 145 cm³/mol. The number of Topliss-reactive ketones (excluding diaryl/α,β-unsaturated/α-hetero) is 1. The summed E-state index contributed by atoms with van der Waals surface area (Å²) in [5, 5.41) is 23.4. The fourth-order valence-electron chi connectivity index (χ4n) is 5.76. The molecule has 3 aliphatic rings. The van der Waals surface area contributed by atoms with E-state index in [9.17, 15) is 9.90 Å². The number of para-hydroxylation sites is 2. The highest BCUT2D eigenvalue weighted by Gasteiger charge is 2.47. The number of likely N-dealkylation sites (N-methyl/N-ethyl adjacent to an activating group) is 1. The molecule has 8 heteroatoms. The van der Waals surface area contributed by atoms with E-state index in [0.717, 1.165) is 46.9 Å². The standard InChI is InChI=1S/C29H30N2O5S/c1-6-30-22-13-9-7-11-20(22)28(2,3)24(30)15-18-26(32)19(27(18)33)16-25-29(4,5)21-12-8-10-14-23(21)31(25)17-37-36-35-34/h7-16H,6,17H2,1-5H3,(H-,32,33,34)/p+1. The van der Waals surface area contributed by atoms with Gasteiger partial charge in [-0.15, -0.1) is 4.33 Å². The van der Waals surface area contributed by atoms with Crippen molar-refractivity contribution in [2.75, 3.05) is 17.3 Å². The number of rotatable bonds is 7. The largest absolute Gasteiger partial charge is 0.506 e. The molecule has 0 amide bonds. The van der Waals surface area contributed by atoms with Crippen molar-refractivity contribution in [3.63, 3.8) is 0 Å². The van der Waals surface area contributed by atoms with Crippen LogP contribution in [-0.2, 0) is 25.0 Å². The molecule has 0 saturated carbocycles. The van der Waals surface area contributed by atoms with E-state index in [1.807, 2.05) is 41.0 Å². The zero-order valence-electron chi connectivity index (χ0n) is 21.6. The molecule has 1 aliphatic carbocycles. The van der Waals surface area contributed by atoms with Gasteiger partial charge >= 0.3 is 0 Å². The monoisotopic (exact) mass is 519 g/mol. The van der Waals surface area contributed by atoms with Gasteiger partial charge in [0.1, 0.15) is 17.8 Å². The highest BCUT2D eigenvalue weighted by molar-refractivity contribution is 7.94. The predicted octanol–water partition coefficient (Wildman–Crippen LogP) is 6.11. The van der Waals surface area contributed by atoms with Crippen LogP contribution in [0.5, 0.6) is 0 Å². The number of carbonyl (C=O) groups is 1. The number of anilines is 1. The molecule has 5 rings (SSSR count). The lowest BCUT2D eigenvalue weighted by molar-refractivity contribution is -0.443. The third-order valence-corrected chi connectivity index (χ3v) is 8.26. The summed E-state index contributed by atoms with van der Waals surface area (Å²) in [6.07, 6.45) is 3.62. The summed E-state index contributed by atoms with van der Waals surface area (Å²) < 4.78 is 6.63. The molecule has 2 aromatic carbocycles. The van der Waals surface area contributed by atoms with Crippen LogP contribution >= 0.6 is 12.0 Å². The summed E-state index contributed by atoms with van der Waals surface area (Å²) in [5.41, 5.74) is 6.11. The van der Waals surface area contributed by atoms with Crippen molar-refractivity contribution in [3.05, 3.63) is 94.4 Å². The number of aliphatic hydroxyl groups excluding tert-OH is 1. The first kappa shape index (κ1) is 25.5. The second-order valence-corrected chi connectivity index (χ2v) is 11.0. The maximum atomic E-state index is 13.4. The van der Waals surface area contributed by atoms with E-state index in [1.165, 1.54) is 5.56 Å². The van der Waals surface area contributed by atoms with Gasteiger partial charge in [-0.1, -0.05) is 55.3 Å². The Kier molecular flexibility index (Phi) is 6.40. The molecule has 0 atom stereocenters. The van der Waals surface area contributed by atoms with Gasteiger partial charge in [0.2, 0.25) is 17.3 Å². The van der Waals surface area contributed by atoms with Crippen LogP contribution in [0, 0.1) is 0 Å². The van der Waals surface area contributed by atoms with Gasteiger partial charge in [-0.05, 0) is 38.5 Å². The van der Waals surface area contributed by atoms with Gasteiger partial charge in [0.25, 0.3) is 0 Å². The van der Waals surface area contributed by atoms with E-state index in [1.54, 1.807) is 6.08 Å². The number of hydrogen-bond donors (Lipinski definition) is 2. The molecular formula is C29H31N2O5S+. The Morgan fingerprint density at radius 2 is 1.68 bits per heavy atom. The van der Waals surface area contributed by atoms with Crippen LogP contribution in [0.2, 0.25) is 0 Å². The number of allylic oxidation sites excluding steroid dienone is 5. The molecule has 0 unspecified atom stereocenters. The molecule has 37 heavy (non-hydrogen) atoms. The van der Waals surface area contributed by atoms with Gasteiger partial charge < -0.3 is 10.0 Å². The van der Waals surface area contributed by atoms with E-state index in [-0.39, 0.29) is 22.5 Å². The Bertz CT molecular complexity index is 1420. The third-order valence-electron chi connectivity index (χ3n) is 7.74. The zero-order chi connectivity index (χ0) is 26.5. The molecule has 0 radical (unpaired) electrons. The Labute approximate surface area is 221 Å². The van der Waals surface area contributed by atoms with Crippen LogP contribution in [0.15, 0.2) is 83.3 Å². The Hall–Kier alpha value is -3.17. The summed E-state index contributed by atoms with van der Waals surface area (Å²) in [6.45, 7) is 11.3. The van der Waals surface area contributed by atoms with Crippen molar-refractivity contribution in [3.8, 4) is 0 Å². The highest BCUT2D eigenvalue weighted by Crippen LogP contribution is 2.49. The Morgan fingerprint density at radius 3 is 2.35 bits per heavy atom. The van der Waals surface area contributed by atoms with E-state index < -0.39 is 5.41 Å². The SMILES string of the molecule is CCN1/C(=C/C2=C(O)C(=C/C3=[N+](CSOOO)c4ccccc4C3(C)C)/C2=O)C(C)(C)c2ccccc21. The van der Waals surface area contributed by atoms with E-state index in [2.05, 4.69) is 67.1 Å². The lowest BCUT2D eigenvalue weighted by Crippen LogP contribution is -2.32. The van der Waals surface area contributed by atoms with Gasteiger partial charge in [0.15, 0.2) is 5.71 Å². The van der Waals surface area contributed by atoms with Crippen LogP contribution in [-0.4, -0.2) is 38.9 Å². The summed E-state index contributed by atoms with van der Waals surface area (Å²) >= 11 is 0.920. The van der Waals surface area contributed by atoms with Gasteiger partial charge in [-0.25, -0.2) is 5.26 Å². The summed E-state index contributed by atoms with van der Waals surface area (Å²) in [7, 11) is 0. The lowest BCUT2D eigenvalue weighted by atomic mass is 9.77. The first-order chi connectivity index (χ1) is 17.6. The molecule has 192 valence electrons. The molecule has 7 nitrogen and oxygen atoms in total. The average molecular weight is 520 g/mol. The minimum atomic E-state index is -0.424. The summed E-state index contributed by atoms with van der Waals surface area (Å²) in [5.74, 6) is 0.130. The zero-order valence-corrected chi connectivity index (χ0v) is 22.4. The maximum Gasteiger partial charge on any atom is 0.223 e. The second-order valence-electron chi connectivity index (χ2n) is 10.4. The van der Waals surface area contributed by atoms with Gasteiger partial charge in [-0.2, -0.15) is 4.58 Å². The van der Waals surface area contributed by atoms with Crippen molar-refractivity contribution in [1.82, 2.24) is 0 Å². The number of aliphatic hydroxyl groups is 1. The van der Waals surface area contributed by atoms with E-state index in [4.69, 9.17) is 5.26 Å². The Morgan fingerprint density at radius 1 is 1.00 bits per heavy atom. The number of hydrogen-bond acceptors (Lipinski definition) is 7. The van der Waals surface area contributed by atoms with Crippen LogP contribution in [0.25, 0.3) is 0 Å². The minimum absolute atomic E-state index is 0.00195. The number of ketones is 1. The maximum absolute atomic E-state index is 13.4. The van der Waals surface area contributed by atoms with Crippen LogP contribution < -0.4 is 4.90 Å². The molecule has 0 aromatic heterocycles. The molecule has 0 fully saturated rings. The van der Waals surface area contributed by atoms with Gasteiger partial charge in [0, 0.05) is 41.1 Å². The fraction of sp³-hybridized carbons (Fsp3) is 0.310. The normalized spacial score (nSPS) is 21.7. The Balaban J connectivity index is 1.56. The number of carbonyl (C=O) groups excluding carboxylic acids is 1. The second kappa shape index (κ2) is 9.29. The van der Waals surface area contributed by atoms with Crippen LogP contribution in [0.3, 0.4) is 0 Å². The number of fused-ring (bicyclic) bond motifs is 2. The number of benzene rings is 2. The minimum Gasteiger partial charge on any atom is -0.506 e. The molecule has 0 saturated heterocycles. The smallest absolute Gasteiger partial charge is 0.223 e. The quantitative estimate of drug-likeness (QED) is 0.114. The molecule has 0 spiro atoms. The van der Waals surface area contributed by atoms with Gasteiger partial charge in [0.05, 0.1) is 16.6 Å². The highest BCUT2D eigenvalue weighted by atomic mass is 32.2. The van der Waals surface area contributed by atoms with E-state index in [0.29, 0.717) is 11.4 Å². The van der Waals surface area contributed by atoms with E-state index >= 15 is 0 Å². The van der Waals surface area contributed by atoms with Gasteiger partial charge in [-0.3, -0.25) is 4.79 Å². The summed E-state index contributed by atoms with van der Waals surface area (Å²) in [4.78, 5) is 15.6. The molecule has 2 heterocycles. The average Bonchev–Trinajstić information content (AvgIpc) is 3.24. The van der Waals surface area contributed by atoms with Crippen LogP contribution in [0.4, 0.5) is 11.4 Å². The molecule has 2 aromatic rings. The first-order valence-electron chi connectivity index (χ1n) is 12.3. The molecule has 2 aliphatic heterocycles. The lowest BCUT2D eigenvalue weighted by Gasteiger charge is -2.28. The molecule has 2 N–H and O–H groups in total. The topological polar surface area (TPSA) is 82.2 Å². The molecular weight excluding hydrogens is 488 g/mol. The van der Waals surface area contributed by atoms with Crippen molar-refractivity contribution in [1.29, 1.82) is 0 Å².